The first-order valence-electron chi connectivity index (χ1n) is 2.66. The maximum absolute atomic E-state index is 12.2. The van der Waals surface area contributed by atoms with Gasteiger partial charge in [-0.1, -0.05) is 0 Å². The fourth-order valence-corrected chi connectivity index (χ4v) is 0.550. The van der Waals surface area contributed by atoms with Gasteiger partial charge in [0.05, 0.1) is 6.20 Å². The van der Waals surface area contributed by atoms with Gasteiger partial charge in [0, 0.05) is 0 Å². The van der Waals surface area contributed by atoms with Gasteiger partial charge in [0.1, 0.15) is 0 Å². The molecule has 0 fully saturated rings. The Bertz CT molecular complexity index is 356. The number of hydrogen-bond donors (Lipinski definition) is 2. The fraction of sp³-hybridized carbons (Fsp3) is 0. The summed E-state index contributed by atoms with van der Waals surface area (Å²) < 4.78 is 12.2. The predicted octanol–water partition coefficient (Wildman–Crippen LogP) is -3.88. The third kappa shape index (κ3) is 2.40. The van der Waals surface area contributed by atoms with Crippen molar-refractivity contribution in [2.75, 3.05) is 0 Å². The molecule has 1 aromatic rings. The van der Waals surface area contributed by atoms with E-state index in [1.54, 1.807) is 0 Å². The van der Waals surface area contributed by atoms with Crippen LogP contribution in [0.2, 0.25) is 0 Å². The number of nitrogens with zero attached hydrogens (tertiary/aromatic N) is 1. The number of carbonyl (C=O) groups is 1. The molecule has 1 aromatic heterocycles. The molecule has 0 atom stereocenters. The molecular weight excluding hydrogens is 176 g/mol. The molecule has 1 amide bonds. The van der Waals surface area contributed by atoms with Crippen molar-refractivity contribution in [2.45, 2.75) is 0 Å². The van der Waals surface area contributed by atoms with Gasteiger partial charge in [-0.2, -0.15) is 4.39 Å². The van der Waals surface area contributed by atoms with Crippen LogP contribution in [-0.2, 0) is 0 Å². The second kappa shape index (κ2) is 4.34. The van der Waals surface area contributed by atoms with Gasteiger partial charge < -0.3 is 12.1 Å². The maximum atomic E-state index is 12.2. The molecule has 5 nitrogen and oxygen atoms in total. The molecule has 12 heavy (non-hydrogen) atoms. The summed E-state index contributed by atoms with van der Waals surface area (Å²) in [5.74, 6) is -2.00. The molecule has 0 aliphatic carbocycles. The molecule has 1 heterocycles. The summed E-state index contributed by atoms with van der Waals surface area (Å²) in [7, 11) is 0. The number of nitrogens with one attached hydrogen (secondary N) is 1. The van der Waals surface area contributed by atoms with E-state index in [2.05, 4.69) is 4.98 Å². The van der Waals surface area contributed by atoms with Gasteiger partial charge in [-0.15, -0.1) is 0 Å². The van der Waals surface area contributed by atoms with E-state index in [1.807, 2.05) is 4.98 Å². The van der Waals surface area contributed by atoms with Crippen molar-refractivity contribution in [1.29, 1.82) is 0 Å². The topological polar surface area (TPSA) is 88.8 Å². The van der Waals surface area contributed by atoms with Crippen LogP contribution in [0.3, 0.4) is 0 Å². The Morgan fingerprint density at radius 3 is 2.75 bits per heavy atom. The van der Waals surface area contributed by atoms with E-state index in [4.69, 9.17) is 5.73 Å². The smallest absolute Gasteiger partial charge is 1.00 e. The SMILES string of the molecule is NC(=O)c1nc(F)c[nH]c1=O.[H-].[Na+]. The Hall–Kier alpha value is -0.720. The standard InChI is InChI=1S/C5H4FN3O2.Na.H/c6-2-1-8-5(11)3(9-2)4(7)10;;/h1H,(H2,7,10)(H,8,11);;/q;+1;-1. The fourth-order valence-electron chi connectivity index (χ4n) is 0.550. The number of aromatic amines is 1. The van der Waals surface area contributed by atoms with Crippen LogP contribution < -0.4 is 40.9 Å². The van der Waals surface area contributed by atoms with Crippen molar-refractivity contribution < 1.29 is 40.2 Å². The van der Waals surface area contributed by atoms with Gasteiger partial charge in [0.15, 0.2) is 5.69 Å². The van der Waals surface area contributed by atoms with Gasteiger partial charge in [0.25, 0.3) is 11.5 Å². The van der Waals surface area contributed by atoms with Crippen LogP contribution in [0.5, 0.6) is 0 Å². The molecule has 0 saturated carbocycles. The summed E-state index contributed by atoms with van der Waals surface area (Å²) in [6.45, 7) is 0. The van der Waals surface area contributed by atoms with Crippen LogP contribution >= 0.6 is 0 Å². The number of H-pyrrole nitrogens is 1. The van der Waals surface area contributed by atoms with Crippen LogP contribution in [0.15, 0.2) is 11.0 Å². The largest absolute Gasteiger partial charge is 1.00 e. The first-order chi connectivity index (χ1) is 5.11. The molecule has 0 spiro atoms. The third-order valence-electron chi connectivity index (χ3n) is 0.989. The summed E-state index contributed by atoms with van der Waals surface area (Å²) in [4.78, 5) is 25.9. The predicted molar refractivity (Wildman–Crippen MR) is 34.4 cm³/mol. The summed E-state index contributed by atoms with van der Waals surface area (Å²) in [6, 6.07) is 0. The van der Waals surface area contributed by atoms with Crippen molar-refractivity contribution in [2.24, 2.45) is 5.73 Å². The molecule has 0 saturated heterocycles. The Labute approximate surface area is 90.0 Å². The zero-order valence-electron chi connectivity index (χ0n) is 7.30. The van der Waals surface area contributed by atoms with Crippen LogP contribution in [0, 0.1) is 5.95 Å². The Morgan fingerprint density at radius 2 is 2.33 bits per heavy atom. The second-order valence-corrected chi connectivity index (χ2v) is 1.77. The van der Waals surface area contributed by atoms with E-state index in [9.17, 15) is 14.0 Å². The Balaban J connectivity index is 0. The van der Waals surface area contributed by atoms with E-state index >= 15 is 0 Å². The van der Waals surface area contributed by atoms with Gasteiger partial charge in [-0.05, 0) is 0 Å². The van der Waals surface area contributed by atoms with Crippen molar-refractivity contribution >= 4 is 5.91 Å². The van der Waals surface area contributed by atoms with Gasteiger partial charge in [-0.3, -0.25) is 9.59 Å². The Kier molecular flexibility index (Phi) is 4.08. The van der Waals surface area contributed by atoms with Crippen molar-refractivity contribution in [3.8, 4) is 0 Å². The quantitative estimate of drug-likeness (QED) is 0.434. The number of amides is 1. The summed E-state index contributed by atoms with van der Waals surface area (Å²) in [6.07, 6.45) is 0.745. The molecule has 0 unspecified atom stereocenters. The number of rotatable bonds is 1. The molecular formula is C5H5FN3NaO2. The monoisotopic (exact) mass is 181 g/mol. The first kappa shape index (κ1) is 11.3. The van der Waals surface area contributed by atoms with Crippen LogP contribution in [0.25, 0.3) is 0 Å². The van der Waals surface area contributed by atoms with Crippen LogP contribution in [-0.4, -0.2) is 15.9 Å². The van der Waals surface area contributed by atoms with Crippen LogP contribution in [0.4, 0.5) is 4.39 Å². The first-order valence-corrected chi connectivity index (χ1v) is 2.66. The van der Waals surface area contributed by atoms with Gasteiger partial charge in [0.2, 0.25) is 5.95 Å². The number of aromatic nitrogens is 2. The summed E-state index contributed by atoms with van der Waals surface area (Å²) >= 11 is 0. The number of nitrogens with two attached hydrogens (primary N) is 1. The number of halogens is 1. The molecule has 60 valence electrons. The minimum atomic E-state index is -1.05. The number of carbonyl (C=O) groups excluding carboxylic acids is 1. The molecule has 0 aliphatic heterocycles. The molecule has 7 heteroatoms. The number of hydrogen-bond acceptors (Lipinski definition) is 3. The zero-order valence-corrected chi connectivity index (χ0v) is 8.30. The average molecular weight is 181 g/mol. The molecule has 3 N–H and O–H groups in total. The minimum absolute atomic E-state index is 0. The van der Waals surface area contributed by atoms with E-state index < -0.39 is 23.1 Å². The molecule has 1 rings (SSSR count). The summed E-state index contributed by atoms with van der Waals surface area (Å²) in [5.41, 5.74) is 3.28. The minimum Gasteiger partial charge on any atom is -1.00 e. The molecule has 0 radical (unpaired) electrons. The summed E-state index contributed by atoms with van der Waals surface area (Å²) in [5, 5.41) is 0. The molecule has 0 aliphatic rings. The number of primary amides is 1. The normalized spacial score (nSPS) is 8.75. The molecule has 0 aromatic carbocycles. The second-order valence-electron chi connectivity index (χ2n) is 1.77. The van der Waals surface area contributed by atoms with E-state index in [0.717, 1.165) is 6.20 Å². The van der Waals surface area contributed by atoms with Crippen molar-refractivity contribution in [3.63, 3.8) is 0 Å². The Morgan fingerprint density at radius 1 is 1.75 bits per heavy atom. The van der Waals surface area contributed by atoms with Crippen LogP contribution in [0.1, 0.15) is 11.9 Å². The third-order valence-corrected chi connectivity index (χ3v) is 0.989. The molecule has 0 bridgehead atoms. The van der Waals surface area contributed by atoms with Crippen molar-refractivity contribution in [1.82, 2.24) is 9.97 Å². The van der Waals surface area contributed by atoms with Gasteiger partial charge >= 0.3 is 29.6 Å². The zero-order chi connectivity index (χ0) is 8.43. The van der Waals surface area contributed by atoms with Crippen molar-refractivity contribution in [3.05, 3.63) is 28.2 Å². The van der Waals surface area contributed by atoms with E-state index in [0.29, 0.717) is 0 Å². The van der Waals surface area contributed by atoms with E-state index in [-0.39, 0.29) is 31.0 Å². The maximum Gasteiger partial charge on any atom is 1.00 e. The van der Waals surface area contributed by atoms with Gasteiger partial charge in [-0.25, -0.2) is 4.98 Å². The average Bonchev–Trinajstić information content (AvgIpc) is 1.94. The van der Waals surface area contributed by atoms with E-state index in [1.165, 1.54) is 0 Å².